The molecule has 1 unspecified atom stereocenters. The summed E-state index contributed by atoms with van der Waals surface area (Å²) in [5.41, 5.74) is 3.71. The van der Waals surface area contributed by atoms with Gasteiger partial charge in [0, 0.05) is 56.4 Å². The Bertz CT molecular complexity index is 468. The maximum absolute atomic E-state index is 2.77. The zero-order chi connectivity index (χ0) is 19.5. The molecule has 0 aliphatic carbocycles. The van der Waals surface area contributed by atoms with Crippen LogP contribution in [0.3, 0.4) is 0 Å². The topological polar surface area (TPSA) is 9.72 Å². The van der Waals surface area contributed by atoms with Crippen LogP contribution < -0.4 is 0 Å². The first-order chi connectivity index (χ1) is 12.1. The fraction of sp³-hybridized carbons (Fsp3) is 0.913. The van der Waals surface area contributed by atoms with E-state index in [0.717, 1.165) is 0 Å². The fourth-order valence-electron chi connectivity index (χ4n) is 4.96. The van der Waals surface area contributed by atoms with Gasteiger partial charge in [-0.25, -0.2) is 0 Å². The zero-order valence-corrected chi connectivity index (χ0v) is 18.9. The second-order valence-corrected chi connectivity index (χ2v) is 9.97. The number of rotatable bonds is 6. The summed E-state index contributed by atoms with van der Waals surface area (Å²) in [5, 5.41) is 0. The number of piperidine rings is 1. The predicted octanol–water partition coefficient (Wildman–Crippen LogP) is 4.78. The van der Waals surface area contributed by atoms with Crippen LogP contribution >= 0.6 is 0 Å². The van der Waals surface area contributed by atoms with Gasteiger partial charge in [-0.1, -0.05) is 11.1 Å². The molecule has 152 valence electrons. The van der Waals surface area contributed by atoms with Crippen molar-refractivity contribution in [2.45, 2.75) is 105 Å². The van der Waals surface area contributed by atoms with Crippen molar-refractivity contribution in [3.05, 3.63) is 11.1 Å². The van der Waals surface area contributed by atoms with Gasteiger partial charge in [0.2, 0.25) is 0 Å². The van der Waals surface area contributed by atoms with Crippen LogP contribution in [0, 0.1) is 0 Å². The number of allylic oxidation sites excluding steroid dienone is 1. The Kier molecular flexibility index (Phi) is 7.76. The Labute approximate surface area is 163 Å². The van der Waals surface area contributed by atoms with Crippen LogP contribution in [0.5, 0.6) is 0 Å². The lowest BCUT2D eigenvalue weighted by atomic mass is 9.91. The summed E-state index contributed by atoms with van der Waals surface area (Å²) < 4.78 is 0. The van der Waals surface area contributed by atoms with Crippen molar-refractivity contribution >= 4 is 0 Å². The average molecular weight is 364 g/mol. The summed E-state index contributed by atoms with van der Waals surface area (Å²) >= 11 is 0. The maximum Gasteiger partial charge on any atom is 0.0283 e. The van der Waals surface area contributed by atoms with Gasteiger partial charge in [0.25, 0.3) is 0 Å². The highest BCUT2D eigenvalue weighted by Gasteiger charge is 2.36. The molecule has 2 aliphatic heterocycles. The standard InChI is InChI=1S/C23H45N3/c1-18(2)24-13-11-22(12-14-24)20(5)9-10-21(6)26-16-15-25(19(3)4)17-23(26,7)8/h18-19,21H,9-17H2,1-8H3. The van der Waals surface area contributed by atoms with E-state index >= 15 is 0 Å². The Morgan fingerprint density at radius 2 is 1.46 bits per heavy atom. The van der Waals surface area contributed by atoms with Gasteiger partial charge in [0.1, 0.15) is 0 Å². The Hall–Kier alpha value is -0.380. The van der Waals surface area contributed by atoms with Gasteiger partial charge in [-0.15, -0.1) is 0 Å². The molecule has 0 aromatic rings. The number of hydrogen-bond donors (Lipinski definition) is 0. The molecule has 0 amide bonds. The van der Waals surface area contributed by atoms with E-state index in [4.69, 9.17) is 0 Å². The highest BCUT2D eigenvalue weighted by Crippen LogP contribution is 2.28. The maximum atomic E-state index is 2.77. The minimum atomic E-state index is 0.283. The van der Waals surface area contributed by atoms with Gasteiger partial charge < -0.3 is 4.90 Å². The molecule has 2 heterocycles. The van der Waals surface area contributed by atoms with Gasteiger partial charge in [-0.2, -0.15) is 0 Å². The molecule has 2 rings (SSSR count). The van der Waals surface area contributed by atoms with Crippen LogP contribution in [0.15, 0.2) is 11.1 Å². The normalized spacial score (nSPS) is 24.5. The van der Waals surface area contributed by atoms with Crippen molar-refractivity contribution in [3.63, 3.8) is 0 Å². The second kappa shape index (κ2) is 9.21. The van der Waals surface area contributed by atoms with E-state index in [1.807, 2.05) is 0 Å². The summed E-state index contributed by atoms with van der Waals surface area (Å²) in [6, 6.07) is 2.03. The molecule has 0 radical (unpaired) electrons. The van der Waals surface area contributed by atoms with E-state index in [1.165, 1.54) is 58.4 Å². The highest BCUT2D eigenvalue weighted by molar-refractivity contribution is 5.15. The molecule has 26 heavy (non-hydrogen) atoms. The van der Waals surface area contributed by atoms with Crippen LogP contribution in [-0.2, 0) is 0 Å². The fourth-order valence-corrected chi connectivity index (χ4v) is 4.96. The zero-order valence-electron chi connectivity index (χ0n) is 18.9. The van der Waals surface area contributed by atoms with E-state index < -0.39 is 0 Å². The van der Waals surface area contributed by atoms with Crippen molar-refractivity contribution in [3.8, 4) is 0 Å². The highest BCUT2D eigenvalue weighted by atomic mass is 15.3. The van der Waals surface area contributed by atoms with Crippen molar-refractivity contribution < 1.29 is 0 Å². The summed E-state index contributed by atoms with van der Waals surface area (Å²) in [7, 11) is 0. The van der Waals surface area contributed by atoms with E-state index in [2.05, 4.69) is 70.1 Å². The van der Waals surface area contributed by atoms with Gasteiger partial charge >= 0.3 is 0 Å². The number of piperazine rings is 1. The third kappa shape index (κ3) is 5.56. The van der Waals surface area contributed by atoms with E-state index in [0.29, 0.717) is 18.1 Å². The van der Waals surface area contributed by atoms with E-state index in [9.17, 15) is 0 Å². The second-order valence-electron chi connectivity index (χ2n) is 9.97. The minimum absolute atomic E-state index is 0.283. The van der Waals surface area contributed by atoms with Crippen LogP contribution in [0.1, 0.15) is 81.1 Å². The molecule has 0 saturated carbocycles. The summed E-state index contributed by atoms with van der Waals surface area (Å²) in [5.74, 6) is 0. The Morgan fingerprint density at radius 1 is 0.885 bits per heavy atom. The largest absolute Gasteiger partial charge is 0.300 e. The average Bonchev–Trinajstić information content (AvgIpc) is 2.58. The number of hydrogen-bond acceptors (Lipinski definition) is 3. The summed E-state index contributed by atoms with van der Waals surface area (Å²) in [4.78, 5) is 8.03. The molecule has 2 aliphatic rings. The molecule has 3 nitrogen and oxygen atoms in total. The number of nitrogens with zero attached hydrogens (tertiary/aromatic N) is 3. The lowest BCUT2D eigenvalue weighted by molar-refractivity contribution is -0.0192. The third-order valence-electron chi connectivity index (χ3n) is 6.93. The molecular formula is C23H45N3. The molecule has 0 bridgehead atoms. The summed E-state index contributed by atoms with van der Waals surface area (Å²) in [6.07, 6.45) is 5.15. The van der Waals surface area contributed by atoms with Crippen molar-refractivity contribution in [1.82, 2.24) is 14.7 Å². The molecule has 0 aromatic heterocycles. The smallest absolute Gasteiger partial charge is 0.0283 e. The first-order valence-corrected chi connectivity index (χ1v) is 11.0. The molecule has 3 heteroatoms. The van der Waals surface area contributed by atoms with Gasteiger partial charge in [-0.3, -0.25) is 9.80 Å². The molecule has 1 atom stereocenters. The van der Waals surface area contributed by atoms with Crippen molar-refractivity contribution in [2.24, 2.45) is 0 Å². The van der Waals surface area contributed by atoms with Crippen LogP contribution in [0.4, 0.5) is 0 Å². The van der Waals surface area contributed by atoms with Crippen molar-refractivity contribution in [2.75, 3.05) is 32.7 Å². The molecule has 2 saturated heterocycles. The lowest BCUT2D eigenvalue weighted by Crippen LogP contribution is -2.62. The monoisotopic (exact) mass is 363 g/mol. The van der Waals surface area contributed by atoms with Crippen LogP contribution in [0.25, 0.3) is 0 Å². The van der Waals surface area contributed by atoms with E-state index in [1.54, 1.807) is 11.1 Å². The lowest BCUT2D eigenvalue weighted by Gasteiger charge is -2.51. The Morgan fingerprint density at radius 3 is 1.96 bits per heavy atom. The molecular weight excluding hydrogens is 318 g/mol. The van der Waals surface area contributed by atoms with Crippen LogP contribution in [0.2, 0.25) is 0 Å². The predicted molar refractivity (Wildman–Crippen MR) is 115 cm³/mol. The van der Waals surface area contributed by atoms with Gasteiger partial charge in [-0.05, 0) is 81.1 Å². The molecule has 0 N–H and O–H groups in total. The first kappa shape index (κ1) is 21.9. The quantitative estimate of drug-likeness (QED) is 0.629. The van der Waals surface area contributed by atoms with Crippen molar-refractivity contribution in [1.29, 1.82) is 0 Å². The molecule has 0 aromatic carbocycles. The van der Waals surface area contributed by atoms with E-state index in [-0.39, 0.29) is 5.54 Å². The van der Waals surface area contributed by atoms with Gasteiger partial charge in [0.15, 0.2) is 0 Å². The summed E-state index contributed by atoms with van der Waals surface area (Å²) in [6.45, 7) is 25.2. The molecule has 0 spiro atoms. The first-order valence-electron chi connectivity index (χ1n) is 11.0. The van der Waals surface area contributed by atoms with Gasteiger partial charge in [0.05, 0.1) is 0 Å². The number of likely N-dealkylation sites (tertiary alicyclic amines) is 1. The van der Waals surface area contributed by atoms with Crippen LogP contribution in [-0.4, -0.2) is 71.1 Å². The third-order valence-corrected chi connectivity index (χ3v) is 6.93. The molecule has 2 fully saturated rings. The Balaban J connectivity index is 1.86. The SMILES string of the molecule is CC(CCC(C)N1CCN(C(C)C)CC1(C)C)=C1CCN(C(C)C)CC1. The minimum Gasteiger partial charge on any atom is -0.300 e.